The number of aromatic nitrogens is 4. The first-order valence-electron chi connectivity index (χ1n) is 13.7. The van der Waals surface area contributed by atoms with Gasteiger partial charge in [0.2, 0.25) is 17.8 Å². The Morgan fingerprint density at radius 3 is 2.51 bits per heavy atom. The maximum atomic E-state index is 13.5. The zero-order valence-electron chi connectivity index (χ0n) is 22.4. The number of aromatic amines is 1. The number of anilines is 2. The molecule has 0 unspecified atom stereocenters. The highest BCUT2D eigenvalue weighted by Gasteiger charge is 2.22. The molecular weight excluding hydrogens is 490 g/mol. The topological polar surface area (TPSA) is 98.3 Å². The van der Waals surface area contributed by atoms with Crippen molar-refractivity contribution in [3.8, 4) is 0 Å². The standard InChI is InChI=1S/C30H35N7O2/c1-23(38)37-19-9-18-35(30-31-16-8-17-32-30)20-21-36(22-24-10-2-5-13-27(24)37)29(39)15-7-6-14-28-33-25-11-3-4-12-26(25)34-28/h2-5,8,10-13,16-17H,6-7,9,14-15,18-22H2,1H3,(H,33,34). The van der Waals surface area contributed by atoms with Gasteiger partial charge in [-0.1, -0.05) is 30.3 Å². The van der Waals surface area contributed by atoms with Gasteiger partial charge in [-0.25, -0.2) is 15.0 Å². The average Bonchev–Trinajstić information content (AvgIpc) is 3.36. The van der Waals surface area contributed by atoms with E-state index in [9.17, 15) is 9.59 Å². The maximum absolute atomic E-state index is 13.5. The lowest BCUT2D eigenvalue weighted by Crippen LogP contribution is -2.39. The second-order valence-corrected chi connectivity index (χ2v) is 9.91. The second kappa shape index (κ2) is 12.5. The van der Waals surface area contributed by atoms with Gasteiger partial charge < -0.3 is 19.7 Å². The predicted octanol–water partition coefficient (Wildman–Crippen LogP) is 4.36. The van der Waals surface area contributed by atoms with E-state index in [1.54, 1.807) is 25.4 Å². The van der Waals surface area contributed by atoms with Crippen LogP contribution in [0.25, 0.3) is 11.0 Å². The summed E-state index contributed by atoms with van der Waals surface area (Å²) in [5.41, 5.74) is 3.86. The molecule has 3 heterocycles. The molecule has 4 aromatic rings. The summed E-state index contributed by atoms with van der Waals surface area (Å²) in [5.74, 6) is 1.70. The molecular formula is C30H35N7O2. The molecule has 39 heavy (non-hydrogen) atoms. The van der Waals surface area contributed by atoms with Gasteiger partial charge in [-0.15, -0.1) is 0 Å². The zero-order valence-corrected chi connectivity index (χ0v) is 22.4. The molecule has 0 fully saturated rings. The van der Waals surface area contributed by atoms with E-state index in [4.69, 9.17) is 0 Å². The van der Waals surface area contributed by atoms with Crippen molar-refractivity contribution in [2.75, 3.05) is 36.0 Å². The number of carbonyl (C=O) groups is 2. The van der Waals surface area contributed by atoms with Crippen molar-refractivity contribution in [1.29, 1.82) is 0 Å². The Bertz CT molecular complexity index is 1370. The molecule has 0 saturated carbocycles. The molecule has 0 radical (unpaired) electrons. The van der Waals surface area contributed by atoms with Crippen molar-refractivity contribution < 1.29 is 9.59 Å². The summed E-state index contributed by atoms with van der Waals surface area (Å²) in [6.07, 6.45) is 7.14. The summed E-state index contributed by atoms with van der Waals surface area (Å²) in [4.78, 5) is 48.9. The number of nitrogens with one attached hydrogen (secondary N) is 1. The molecule has 0 atom stereocenters. The van der Waals surface area contributed by atoms with Crippen molar-refractivity contribution in [1.82, 2.24) is 24.8 Å². The fourth-order valence-corrected chi connectivity index (χ4v) is 5.13. The number of H-pyrrole nitrogens is 1. The van der Waals surface area contributed by atoms with Crippen LogP contribution in [0.4, 0.5) is 11.6 Å². The minimum Gasteiger partial charge on any atom is -0.342 e. The van der Waals surface area contributed by atoms with Gasteiger partial charge >= 0.3 is 0 Å². The Hall–Kier alpha value is -4.27. The molecule has 2 aromatic carbocycles. The van der Waals surface area contributed by atoms with Crippen LogP contribution >= 0.6 is 0 Å². The third-order valence-electron chi connectivity index (χ3n) is 7.15. The van der Waals surface area contributed by atoms with Gasteiger partial charge in [-0.3, -0.25) is 9.59 Å². The van der Waals surface area contributed by atoms with Crippen LogP contribution in [-0.2, 0) is 22.6 Å². The lowest BCUT2D eigenvalue weighted by Gasteiger charge is -2.28. The van der Waals surface area contributed by atoms with Crippen molar-refractivity contribution in [2.45, 2.75) is 45.6 Å². The molecule has 9 nitrogen and oxygen atoms in total. The number of benzene rings is 2. The molecule has 2 amide bonds. The highest BCUT2D eigenvalue weighted by molar-refractivity contribution is 5.92. The Balaban J connectivity index is 1.30. The van der Waals surface area contributed by atoms with Crippen LogP contribution < -0.4 is 9.80 Å². The minimum absolute atomic E-state index is 0.00679. The van der Waals surface area contributed by atoms with Crippen LogP contribution in [0.1, 0.15) is 44.0 Å². The average molecular weight is 526 g/mol. The number of hydrogen-bond donors (Lipinski definition) is 1. The van der Waals surface area contributed by atoms with Crippen LogP contribution in [0.5, 0.6) is 0 Å². The largest absolute Gasteiger partial charge is 0.342 e. The van der Waals surface area contributed by atoms with E-state index >= 15 is 0 Å². The third kappa shape index (κ3) is 6.60. The molecule has 0 saturated heterocycles. The Labute approximate surface area is 228 Å². The number of carbonyl (C=O) groups excluding carboxylic acids is 2. The van der Waals surface area contributed by atoms with E-state index in [1.165, 1.54) is 0 Å². The molecule has 9 heteroatoms. The number of amides is 2. The van der Waals surface area contributed by atoms with Crippen molar-refractivity contribution in [3.63, 3.8) is 0 Å². The summed E-state index contributed by atoms with van der Waals surface area (Å²) in [6, 6.07) is 17.7. The van der Waals surface area contributed by atoms with Crippen LogP contribution in [0.3, 0.4) is 0 Å². The molecule has 202 valence electrons. The number of hydrogen-bond acceptors (Lipinski definition) is 6. The Kier molecular flexibility index (Phi) is 8.45. The number of para-hydroxylation sites is 3. The molecule has 0 aliphatic carbocycles. The predicted molar refractivity (Wildman–Crippen MR) is 152 cm³/mol. The van der Waals surface area contributed by atoms with Gasteiger partial charge in [0, 0.05) is 70.6 Å². The fourth-order valence-electron chi connectivity index (χ4n) is 5.13. The van der Waals surface area contributed by atoms with Gasteiger partial charge in [0.05, 0.1) is 11.0 Å². The number of unbranched alkanes of at least 4 members (excludes halogenated alkanes) is 1. The number of aryl methyl sites for hydroxylation is 1. The van der Waals surface area contributed by atoms with Crippen LogP contribution in [-0.4, -0.2) is 62.8 Å². The van der Waals surface area contributed by atoms with E-state index in [2.05, 4.69) is 24.8 Å². The van der Waals surface area contributed by atoms with Gasteiger partial charge in [0.15, 0.2) is 0 Å². The lowest BCUT2D eigenvalue weighted by molar-refractivity contribution is -0.131. The Morgan fingerprint density at radius 2 is 1.69 bits per heavy atom. The van der Waals surface area contributed by atoms with E-state index in [-0.39, 0.29) is 11.8 Å². The van der Waals surface area contributed by atoms with Crippen molar-refractivity contribution in [3.05, 3.63) is 78.4 Å². The molecule has 0 bridgehead atoms. The number of fused-ring (bicyclic) bond motifs is 2. The van der Waals surface area contributed by atoms with E-state index in [1.807, 2.05) is 58.3 Å². The molecule has 1 aliphatic rings. The van der Waals surface area contributed by atoms with Gasteiger partial charge in [-0.05, 0) is 49.1 Å². The molecule has 5 rings (SSSR count). The lowest BCUT2D eigenvalue weighted by atomic mass is 10.1. The summed E-state index contributed by atoms with van der Waals surface area (Å²) in [7, 11) is 0. The van der Waals surface area contributed by atoms with E-state index in [0.29, 0.717) is 45.1 Å². The quantitative estimate of drug-likeness (QED) is 0.376. The zero-order chi connectivity index (χ0) is 27.0. The smallest absolute Gasteiger partial charge is 0.225 e. The monoisotopic (exact) mass is 525 g/mol. The minimum atomic E-state index is -0.00679. The number of rotatable bonds is 6. The number of nitrogens with zero attached hydrogens (tertiary/aromatic N) is 6. The van der Waals surface area contributed by atoms with Crippen molar-refractivity contribution in [2.24, 2.45) is 0 Å². The normalized spacial score (nSPS) is 14.6. The van der Waals surface area contributed by atoms with Crippen LogP contribution in [0, 0.1) is 0 Å². The van der Waals surface area contributed by atoms with Gasteiger partial charge in [0.25, 0.3) is 0 Å². The third-order valence-corrected chi connectivity index (χ3v) is 7.15. The molecule has 2 aromatic heterocycles. The molecule has 1 aliphatic heterocycles. The highest BCUT2D eigenvalue weighted by atomic mass is 16.2. The first-order chi connectivity index (χ1) is 19.1. The second-order valence-electron chi connectivity index (χ2n) is 9.91. The first kappa shape index (κ1) is 26.3. The van der Waals surface area contributed by atoms with E-state index < -0.39 is 0 Å². The fraction of sp³-hybridized carbons (Fsp3) is 0.367. The van der Waals surface area contributed by atoms with Gasteiger partial charge in [-0.2, -0.15) is 0 Å². The van der Waals surface area contributed by atoms with Crippen LogP contribution in [0.15, 0.2) is 67.0 Å². The molecule has 0 spiro atoms. The van der Waals surface area contributed by atoms with Crippen molar-refractivity contribution >= 4 is 34.5 Å². The summed E-state index contributed by atoms with van der Waals surface area (Å²) >= 11 is 0. The summed E-state index contributed by atoms with van der Waals surface area (Å²) in [5, 5.41) is 0. The number of imidazole rings is 1. The summed E-state index contributed by atoms with van der Waals surface area (Å²) < 4.78 is 0. The van der Waals surface area contributed by atoms with E-state index in [0.717, 1.165) is 53.8 Å². The first-order valence-corrected chi connectivity index (χ1v) is 13.7. The Morgan fingerprint density at radius 1 is 0.897 bits per heavy atom. The van der Waals surface area contributed by atoms with Gasteiger partial charge in [0.1, 0.15) is 5.82 Å². The maximum Gasteiger partial charge on any atom is 0.225 e. The summed E-state index contributed by atoms with van der Waals surface area (Å²) in [6.45, 7) is 4.50. The van der Waals surface area contributed by atoms with Crippen LogP contribution in [0.2, 0.25) is 0 Å². The highest BCUT2D eigenvalue weighted by Crippen LogP contribution is 2.24. The SMILES string of the molecule is CC(=O)N1CCCN(c2ncccn2)CCN(C(=O)CCCCc2nc3ccccc3[nH]2)Cc2ccccc21. The molecule has 1 N–H and O–H groups in total.